The molecular weight excluding hydrogens is 288 g/mol. The van der Waals surface area contributed by atoms with Crippen LogP contribution >= 0.6 is 11.3 Å². The van der Waals surface area contributed by atoms with Crippen LogP contribution in [0.1, 0.15) is 10.7 Å². The minimum absolute atomic E-state index is 0.171. The van der Waals surface area contributed by atoms with E-state index < -0.39 is 0 Å². The Balaban J connectivity index is 1.87. The number of hydrogen-bond acceptors (Lipinski definition) is 8. The molecule has 2 N–H and O–H groups in total. The van der Waals surface area contributed by atoms with Crippen LogP contribution in [0.4, 0.5) is 11.9 Å². The molecule has 3 aromatic heterocycles. The highest BCUT2D eigenvalue weighted by molar-refractivity contribution is 7.09. The van der Waals surface area contributed by atoms with Gasteiger partial charge in [-0.05, 0) is 6.92 Å². The van der Waals surface area contributed by atoms with Gasteiger partial charge in [0, 0.05) is 24.8 Å². The first kappa shape index (κ1) is 13.4. The zero-order chi connectivity index (χ0) is 14.8. The molecule has 0 radical (unpaired) electrons. The lowest BCUT2D eigenvalue weighted by atomic mass is 10.4. The molecule has 108 valence electrons. The summed E-state index contributed by atoms with van der Waals surface area (Å²) in [5.74, 6) is 1.11. The van der Waals surface area contributed by atoms with Crippen LogP contribution in [0.15, 0.2) is 24.1 Å². The molecule has 0 aliphatic rings. The van der Waals surface area contributed by atoms with E-state index >= 15 is 0 Å². The maximum Gasteiger partial charge on any atom is 0.241 e. The Morgan fingerprint density at radius 3 is 2.81 bits per heavy atom. The van der Waals surface area contributed by atoms with Gasteiger partial charge < -0.3 is 10.6 Å². The van der Waals surface area contributed by atoms with Crippen molar-refractivity contribution >= 4 is 23.2 Å². The average molecular weight is 302 g/mol. The lowest BCUT2D eigenvalue weighted by Gasteiger charge is -2.16. The molecule has 0 unspecified atom stereocenters. The first-order valence-corrected chi connectivity index (χ1v) is 7.12. The Labute approximate surface area is 125 Å². The van der Waals surface area contributed by atoms with Crippen molar-refractivity contribution in [1.29, 1.82) is 0 Å². The van der Waals surface area contributed by atoms with Gasteiger partial charge in [-0.15, -0.1) is 11.3 Å². The van der Waals surface area contributed by atoms with Gasteiger partial charge >= 0.3 is 0 Å². The minimum Gasteiger partial charge on any atom is -0.368 e. The molecule has 21 heavy (non-hydrogen) atoms. The number of hydrogen-bond donors (Lipinski definition) is 1. The molecule has 0 aromatic carbocycles. The number of nitrogen functional groups attached to an aromatic ring is 1. The van der Waals surface area contributed by atoms with Gasteiger partial charge in [0.15, 0.2) is 0 Å². The quantitative estimate of drug-likeness (QED) is 0.768. The van der Waals surface area contributed by atoms with Crippen LogP contribution < -0.4 is 10.6 Å². The van der Waals surface area contributed by atoms with Crippen molar-refractivity contribution in [3.63, 3.8) is 0 Å². The Hall–Kier alpha value is -2.55. The van der Waals surface area contributed by atoms with Crippen LogP contribution in [0.3, 0.4) is 0 Å². The first-order chi connectivity index (χ1) is 10.1. The van der Waals surface area contributed by atoms with Crippen LogP contribution in [0, 0.1) is 6.92 Å². The summed E-state index contributed by atoms with van der Waals surface area (Å²) < 4.78 is 1.68. The largest absolute Gasteiger partial charge is 0.368 e. The summed E-state index contributed by atoms with van der Waals surface area (Å²) in [6.07, 6.45) is 5.02. The van der Waals surface area contributed by atoms with Crippen LogP contribution in [-0.2, 0) is 6.54 Å². The molecule has 0 atom stereocenters. The highest BCUT2D eigenvalue weighted by atomic mass is 32.1. The van der Waals surface area contributed by atoms with E-state index in [1.54, 1.807) is 34.6 Å². The van der Waals surface area contributed by atoms with Gasteiger partial charge in [-0.25, -0.2) is 9.97 Å². The molecule has 0 amide bonds. The van der Waals surface area contributed by atoms with E-state index in [1.165, 1.54) is 0 Å². The lowest BCUT2D eigenvalue weighted by molar-refractivity contribution is 0.815. The molecule has 0 bridgehead atoms. The molecule has 0 spiro atoms. The van der Waals surface area contributed by atoms with Crippen molar-refractivity contribution in [2.24, 2.45) is 0 Å². The number of nitrogens with two attached hydrogens (primary N) is 1. The molecule has 3 rings (SSSR count). The van der Waals surface area contributed by atoms with Gasteiger partial charge in [0.05, 0.1) is 17.2 Å². The van der Waals surface area contributed by atoms with Crippen molar-refractivity contribution in [2.75, 3.05) is 17.7 Å². The molecular formula is C12H14N8S. The molecule has 0 aliphatic carbocycles. The summed E-state index contributed by atoms with van der Waals surface area (Å²) in [4.78, 5) is 23.0. The third-order valence-corrected chi connectivity index (χ3v) is 3.59. The molecule has 3 heterocycles. The highest BCUT2D eigenvalue weighted by Crippen LogP contribution is 2.15. The van der Waals surface area contributed by atoms with Gasteiger partial charge in [-0.2, -0.15) is 15.0 Å². The van der Waals surface area contributed by atoms with E-state index in [4.69, 9.17) is 5.73 Å². The van der Waals surface area contributed by atoms with Crippen molar-refractivity contribution in [2.45, 2.75) is 13.5 Å². The van der Waals surface area contributed by atoms with Crippen LogP contribution in [0.5, 0.6) is 0 Å². The van der Waals surface area contributed by atoms with E-state index in [2.05, 4.69) is 24.9 Å². The second kappa shape index (κ2) is 5.44. The predicted molar refractivity (Wildman–Crippen MR) is 80.3 cm³/mol. The SMILES string of the molecule is Cc1nc(CN(C)c2nc(N)nc(-n3ccnc3)n2)cs1. The summed E-state index contributed by atoms with van der Waals surface area (Å²) in [5.41, 5.74) is 6.74. The Kier molecular flexibility index (Phi) is 3.48. The molecule has 0 aliphatic heterocycles. The van der Waals surface area contributed by atoms with Gasteiger partial charge in [0.25, 0.3) is 0 Å². The second-order valence-electron chi connectivity index (χ2n) is 4.48. The highest BCUT2D eigenvalue weighted by Gasteiger charge is 2.11. The van der Waals surface area contributed by atoms with Crippen LogP contribution in [0.2, 0.25) is 0 Å². The van der Waals surface area contributed by atoms with E-state index in [0.29, 0.717) is 18.4 Å². The fourth-order valence-electron chi connectivity index (χ4n) is 1.83. The number of aromatic nitrogens is 6. The minimum atomic E-state index is 0.171. The Morgan fingerprint density at radius 1 is 1.29 bits per heavy atom. The normalized spacial score (nSPS) is 10.8. The molecule has 9 heteroatoms. The van der Waals surface area contributed by atoms with Gasteiger partial charge in [-0.3, -0.25) is 4.57 Å². The summed E-state index contributed by atoms with van der Waals surface area (Å²) in [7, 11) is 1.89. The average Bonchev–Trinajstić information content (AvgIpc) is 3.10. The Morgan fingerprint density at radius 2 is 2.14 bits per heavy atom. The van der Waals surface area contributed by atoms with Gasteiger partial charge in [0.2, 0.25) is 17.8 Å². The smallest absolute Gasteiger partial charge is 0.241 e. The van der Waals surface area contributed by atoms with Crippen molar-refractivity contribution in [3.05, 3.63) is 34.8 Å². The fourth-order valence-corrected chi connectivity index (χ4v) is 2.43. The van der Waals surface area contributed by atoms with Crippen LogP contribution in [0.25, 0.3) is 5.95 Å². The van der Waals surface area contributed by atoms with Gasteiger partial charge in [0.1, 0.15) is 6.33 Å². The molecule has 0 saturated heterocycles. The number of imidazole rings is 1. The number of nitrogens with zero attached hydrogens (tertiary/aromatic N) is 7. The predicted octanol–water partition coefficient (Wildman–Crippen LogP) is 1.04. The van der Waals surface area contributed by atoms with E-state index in [-0.39, 0.29) is 5.95 Å². The second-order valence-corrected chi connectivity index (χ2v) is 5.54. The van der Waals surface area contributed by atoms with Crippen molar-refractivity contribution < 1.29 is 0 Å². The number of anilines is 2. The van der Waals surface area contributed by atoms with Gasteiger partial charge in [-0.1, -0.05) is 0 Å². The van der Waals surface area contributed by atoms with Crippen molar-refractivity contribution in [3.8, 4) is 5.95 Å². The van der Waals surface area contributed by atoms with E-state index in [0.717, 1.165) is 10.7 Å². The fraction of sp³-hybridized carbons (Fsp3) is 0.250. The zero-order valence-corrected chi connectivity index (χ0v) is 12.4. The summed E-state index contributed by atoms with van der Waals surface area (Å²) >= 11 is 1.62. The van der Waals surface area contributed by atoms with E-state index in [1.807, 2.05) is 24.3 Å². The number of rotatable bonds is 4. The van der Waals surface area contributed by atoms with Crippen molar-refractivity contribution in [1.82, 2.24) is 29.5 Å². The molecule has 0 saturated carbocycles. The third-order valence-electron chi connectivity index (χ3n) is 2.77. The third kappa shape index (κ3) is 2.97. The Bertz CT molecular complexity index is 736. The number of aryl methyl sites for hydroxylation is 1. The molecule has 3 aromatic rings. The lowest BCUT2D eigenvalue weighted by Crippen LogP contribution is -2.21. The summed E-state index contributed by atoms with van der Waals surface area (Å²) in [6, 6.07) is 0. The number of thiazole rings is 1. The standard InChI is InChI=1S/C12H14N8S/c1-8-15-9(6-21-8)5-19(2)11-16-10(13)17-12(18-11)20-4-3-14-7-20/h3-4,6-7H,5H2,1-2H3,(H2,13,16,17,18). The molecule has 8 nitrogen and oxygen atoms in total. The first-order valence-electron chi connectivity index (χ1n) is 6.24. The monoisotopic (exact) mass is 302 g/mol. The van der Waals surface area contributed by atoms with Crippen LogP contribution in [-0.4, -0.2) is 36.5 Å². The maximum absolute atomic E-state index is 5.76. The summed E-state index contributed by atoms with van der Waals surface area (Å²) in [6.45, 7) is 2.59. The van der Waals surface area contributed by atoms with E-state index in [9.17, 15) is 0 Å². The zero-order valence-electron chi connectivity index (χ0n) is 11.6. The topological polar surface area (TPSA) is 98.6 Å². The molecule has 0 fully saturated rings. The summed E-state index contributed by atoms with van der Waals surface area (Å²) in [5, 5.41) is 3.06. The maximum atomic E-state index is 5.76.